The zero-order valence-corrected chi connectivity index (χ0v) is 23.3. The van der Waals surface area contributed by atoms with E-state index >= 15 is 0 Å². The zero-order chi connectivity index (χ0) is 27.1. The van der Waals surface area contributed by atoms with Gasteiger partial charge in [-0.05, 0) is 46.5 Å². The van der Waals surface area contributed by atoms with Gasteiger partial charge < -0.3 is 15.4 Å². The smallest absolute Gasteiger partial charge is 0.410 e. The lowest BCUT2D eigenvalue weighted by atomic mass is 10.1. The average Bonchev–Trinajstić information content (AvgIpc) is 2.79. The minimum Gasteiger partial charge on any atom is -0.444 e. The van der Waals surface area contributed by atoms with Gasteiger partial charge in [0.25, 0.3) is 0 Å². The normalized spacial score (nSPS) is 12.2. The summed E-state index contributed by atoms with van der Waals surface area (Å²) < 4.78 is 44.6. The second kappa shape index (κ2) is 12.8. The van der Waals surface area contributed by atoms with Crippen LogP contribution in [0.3, 0.4) is 0 Å². The number of carbonyl (C=O) groups is 1. The molecule has 12 heteroatoms. The third kappa shape index (κ3) is 8.12. The topological polar surface area (TPSA) is 128 Å². The van der Waals surface area contributed by atoms with E-state index in [1.807, 2.05) is 20.8 Å². The van der Waals surface area contributed by atoms with E-state index in [-0.39, 0.29) is 33.7 Å². The van der Waals surface area contributed by atoms with Crippen molar-refractivity contribution < 1.29 is 22.3 Å². The highest BCUT2D eigenvalue weighted by Gasteiger charge is 2.24. The van der Waals surface area contributed by atoms with Crippen molar-refractivity contribution in [3.63, 3.8) is 0 Å². The third-order valence-electron chi connectivity index (χ3n) is 5.51. The van der Waals surface area contributed by atoms with Crippen LogP contribution in [0.25, 0.3) is 10.9 Å². The van der Waals surface area contributed by atoms with Crippen molar-refractivity contribution in [2.45, 2.75) is 90.3 Å². The van der Waals surface area contributed by atoms with Crippen LogP contribution < -0.4 is 5.73 Å². The number of amides is 1. The molecule has 0 atom stereocenters. The number of rotatable bonds is 12. The molecule has 2 N–H and O–H groups in total. The maximum absolute atomic E-state index is 14.7. The first-order valence-corrected chi connectivity index (χ1v) is 14.4. The first kappa shape index (κ1) is 30.0. The largest absolute Gasteiger partial charge is 0.444 e. The van der Waals surface area contributed by atoms with Gasteiger partial charge in [-0.3, -0.25) is 0 Å². The standard InChI is InChI=1S/C24H37ClFN5O4S/c1-6-8-14-31(23(32)35-24(3,4)5)15-12-10-9-11-13-16-17-19(18(26)20(25)28-16)29-22(30-21(17)27)36(33,34)7-2/h6-15H2,1-5H3,(H2,27,29,30). The van der Waals surface area contributed by atoms with Crippen LogP contribution in [-0.2, 0) is 21.0 Å². The minimum atomic E-state index is -3.78. The minimum absolute atomic E-state index is 0.144. The van der Waals surface area contributed by atoms with Crippen LogP contribution in [-0.4, -0.2) is 58.8 Å². The zero-order valence-electron chi connectivity index (χ0n) is 21.7. The molecule has 202 valence electrons. The summed E-state index contributed by atoms with van der Waals surface area (Å²) in [7, 11) is -3.78. The summed E-state index contributed by atoms with van der Waals surface area (Å²) in [4.78, 5) is 26.2. The Labute approximate surface area is 217 Å². The summed E-state index contributed by atoms with van der Waals surface area (Å²) in [6, 6.07) is 0. The Morgan fingerprint density at radius 1 is 1.06 bits per heavy atom. The van der Waals surface area contributed by atoms with E-state index in [1.165, 1.54) is 6.92 Å². The van der Waals surface area contributed by atoms with E-state index in [0.29, 0.717) is 31.6 Å². The average molecular weight is 546 g/mol. The van der Waals surface area contributed by atoms with Gasteiger partial charge in [0.15, 0.2) is 11.0 Å². The number of nitrogens with zero attached hydrogens (tertiary/aromatic N) is 4. The SMILES string of the molecule is CCCCN(CCCCCCc1nc(Cl)c(F)c2nc(S(=O)(=O)CC)nc(N)c12)C(=O)OC(C)(C)C. The number of unbranched alkanes of at least 4 members (excludes halogenated alkanes) is 4. The lowest BCUT2D eigenvalue weighted by Gasteiger charge is -2.27. The van der Waals surface area contributed by atoms with Gasteiger partial charge in [-0.2, -0.15) is 0 Å². The number of ether oxygens (including phenoxy) is 1. The molecule has 2 rings (SSSR count). The Hall–Kier alpha value is -2.27. The van der Waals surface area contributed by atoms with Crippen LogP contribution >= 0.6 is 11.6 Å². The molecule has 36 heavy (non-hydrogen) atoms. The summed E-state index contributed by atoms with van der Waals surface area (Å²) in [5.74, 6) is -1.31. The van der Waals surface area contributed by atoms with E-state index in [9.17, 15) is 17.6 Å². The maximum atomic E-state index is 14.7. The third-order valence-corrected chi connectivity index (χ3v) is 7.26. The molecule has 2 heterocycles. The predicted molar refractivity (Wildman–Crippen MR) is 139 cm³/mol. The molecular formula is C24H37ClFN5O4S. The molecule has 0 radical (unpaired) electrons. The summed E-state index contributed by atoms with van der Waals surface area (Å²) >= 11 is 5.97. The Kier molecular flexibility index (Phi) is 10.7. The summed E-state index contributed by atoms with van der Waals surface area (Å²) in [5, 5.41) is -0.735. The molecule has 0 fully saturated rings. The van der Waals surface area contributed by atoms with Crippen LogP contribution in [0.15, 0.2) is 5.16 Å². The van der Waals surface area contributed by atoms with Crippen molar-refractivity contribution in [3.05, 3.63) is 16.7 Å². The number of aryl methyl sites for hydroxylation is 1. The quantitative estimate of drug-likeness (QED) is 0.215. The molecule has 0 spiro atoms. The van der Waals surface area contributed by atoms with Crippen LogP contribution in [0.4, 0.5) is 15.0 Å². The van der Waals surface area contributed by atoms with Crippen molar-refractivity contribution in [2.24, 2.45) is 0 Å². The second-order valence-electron chi connectivity index (χ2n) is 9.67. The van der Waals surface area contributed by atoms with Crippen LogP contribution in [0, 0.1) is 5.82 Å². The van der Waals surface area contributed by atoms with Gasteiger partial charge in [-0.15, -0.1) is 0 Å². The molecule has 0 unspecified atom stereocenters. The molecule has 0 saturated heterocycles. The van der Waals surface area contributed by atoms with Gasteiger partial charge in [0, 0.05) is 13.1 Å². The number of aromatic nitrogens is 3. The number of anilines is 1. The Bertz CT molecular complexity index is 1170. The van der Waals surface area contributed by atoms with Gasteiger partial charge in [0.1, 0.15) is 16.9 Å². The van der Waals surface area contributed by atoms with Crippen molar-refractivity contribution in [2.75, 3.05) is 24.6 Å². The maximum Gasteiger partial charge on any atom is 0.410 e. The highest BCUT2D eigenvalue weighted by molar-refractivity contribution is 7.91. The number of carbonyl (C=O) groups excluding carboxylic acids is 1. The van der Waals surface area contributed by atoms with Gasteiger partial charge in [0.2, 0.25) is 15.0 Å². The second-order valence-corrected chi connectivity index (χ2v) is 12.2. The summed E-state index contributed by atoms with van der Waals surface area (Å²) in [6.07, 6.45) is 5.25. The van der Waals surface area contributed by atoms with Crippen LogP contribution in [0.2, 0.25) is 5.15 Å². The lowest BCUT2D eigenvalue weighted by Crippen LogP contribution is -2.38. The number of nitrogen functional groups attached to an aromatic ring is 1. The fraction of sp³-hybridized carbons (Fsp3) is 0.667. The van der Waals surface area contributed by atoms with Crippen molar-refractivity contribution >= 4 is 44.3 Å². The molecule has 2 aromatic heterocycles. The number of pyridine rings is 1. The fourth-order valence-electron chi connectivity index (χ4n) is 3.59. The van der Waals surface area contributed by atoms with E-state index in [4.69, 9.17) is 22.1 Å². The highest BCUT2D eigenvalue weighted by Crippen LogP contribution is 2.29. The molecule has 0 bridgehead atoms. The van der Waals surface area contributed by atoms with Crippen molar-refractivity contribution in [1.29, 1.82) is 0 Å². The van der Waals surface area contributed by atoms with Gasteiger partial charge in [-0.25, -0.2) is 32.6 Å². The molecule has 0 aromatic carbocycles. The molecule has 1 amide bonds. The highest BCUT2D eigenvalue weighted by atomic mass is 35.5. The number of fused-ring (bicyclic) bond motifs is 1. The number of sulfone groups is 1. The Morgan fingerprint density at radius 2 is 1.69 bits per heavy atom. The van der Waals surface area contributed by atoms with E-state index in [0.717, 1.165) is 32.1 Å². The number of hydrogen-bond donors (Lipinski definition) is 1. The van der Waals surface area contributed by atoms with E-state index in [1.54, 1.807) is 4.90 Å². The van der Waals surface area contributed by atoms with Crippen molar-refractivity contribution in [1.82, 2.24) is 19.9 Å². The molecular weight excluding hydrogens is 509 g/mol. The van der Waals surface area contributed by atoms with Gasteiger partial charge >= 0.3 is 6.09 Å². The number of hydrogen-bond acceptors (Lipinski definition) is 8. The summed E-state index contributed by atoms with van der Waals surface area (Å²) in [5.41, 5.74) is 5.65. The molecule has 0 aliphatic rings. The van der Waals surface area contributed by atoms with Crippen LogP contribution in [0.5, 0.6) is 0 Å². The summed E-state index contributed by atoms with van der Waals surface area (Å²) in [6.45, 7) is 10.3. The number of nitrogens with two attached hydrogens (primary N) is 1. The Morgan fingerprint density at radius 3 is 2.31 bits per heavy atom. The van der Waals surface area contributed by atoms with Gasteiger partial charge in [0.05, 0.1) is 16.8 Å². The van der Waals surface area contributed by atoms with Gasteiger partial charge in [-0.1, -0.05) is 44.7 Å². The molecule has 0 aliphatic carbocycles. The first-order chi connectivity index (χ1) is 16.8. The van der Waals surface area contributed by atoms with E-state index < -0.39 is 26.4 Å². The Balaban J connectivity index is 2.04. The lowest BCUT2D eigenvalue weighted by molar-refractivity contribution is 0.0244. The molecule has 2 aromatic rings. The van der Waals surface area contributed by atoms with E-state index in [2.05, 4.69) is 21.9 Å². The fourth-order valence-corrected chi connectivity index (χ4v) is 4.51. The first-order valence-electron chi connectivity index (χ1n) is 12.3. The molecule has 0 aliphatic heterocycles. The molecule has 9 nitrogen and oxygen atoms in total. The predicted octanol–water partition coefficient (Wildman–Crippen LogP) is 5.33. The molecule has 0 saturated carbocycles. The monoisotopic (exact) mass is 545 g/mol. The van der Waals surface area contributed by atoms with Crippen LogP contribution in [0.1, 0.15) is 78.8 Å². The number of halogens is 2. The van der Waals surface area contributed by atoms with Crippen molar-refractivity contribution in [3.8, 4) is 0 Å².